The van der Waals surface area contributed by atoms with Crippen molar-refractivity contribution in [2.75, 3.05) is 19.3 Å². The Kier molecular flexibility index (Phi) is 4.79. The number of nitrogens with zero attached hydrogens (tertiary/aromatic N) is 1. The molecule has 1 N–H and O–H groups in total. The Labute approximate surface area is 136 Å². The van der Waals surface area contributed by atoms with Crippen LogP contribution in [0.15, 0.2) is 23.1 Å². The summed E-state index contributed by atoms with van der Waals surface area (Å²) in [5, 5.41) is 9.20. The first kappa shape index (κ1) is 17.5. The lowest BCUT2D eigenvalue weighted by Gasteiger charge is -2.34. The molecule has 2 rings (SSSR count). The molecule has 2 atom stereocenters. The molecule has 6 nitrogen and oxygen atoms in total. The third-order valence-electron chi connectivity index (χ3n) is 4.13. The van der Waals surface area contributed by atoms with Crippen LogP contribution in [0.3, 0.4) is 0 Å². The van der Waals surface area contributed by atoms with E-state index < -0.39 is 21.7 Å². The molecular weight excluding hydrogens is 318 g/mol. The summed E-state index contributed by atoms with van der Waals surface area (Å²) < 4.78 is 23.6. The summed E-state index contributed by atoms with van der Waals surface area (Å²) in [5.41, 5.74) is 0.855. The van der Waals surface area contributed by atoms with Crippen LogP contribution in [-0.4, -0.2) is 49.6 Å². The predicted molar refractivity (Wildman–Crippen MR) is 85.1 cm³/mol. The van der Waals surface area contributed by atoms with Gasteiger partial charge in [0, 0.05) is 24.9 Å². The van der Waals surface area contributed by atoms with E-state index in [9.17, 15) is 23.1 Å². The Morgan fingerprint density at radius 2 is 1.91 bits per heavy atom. The van der Waals surface area contributed by atoms with Gasteiger partial charge in [0.25, 0.3) is 5.91 Å². The summed E-state index contributed by atoms with van der Waals surface area (Å²) in [6.45, 7) is 4.21. The molecule has 126 valence electrons. The lowest BCUT2D eigenvalue weighted by Crippen LogP contribution is -2.45. The van der Waals surface area contributed by atoms with Gasteiger partial charge in [0.1, 0.15) is 0 Å². The molecule has 1 amide bonds. The van der Waals surface area contributed by atoms with Crippen molar-refractivity contribution in [2.45, 2.75) is 25.2 Å². The zero-order valence-corrected chi connectivity index (χ0v) is 14.3. The summed E-state index contributed by atoms with van der Waals surface area (Å²) in [6.07, 6.45) is 1.65. The van der Waals surface area contributed by atoms with E-state index in [0.717, 1.165) is 6.26 Å². The summed E-state index contributed by atoms with van der Waals surface area (Å²) in [4.78, 5) is 25.5. The number of aliphatic carboxylic acids is 1. The number of amides is 1. The van der Waals surface area contributed by atoms with Crippen LogP contribution >= 0.6 is 0 Å². The van der Waals surface area contributed by atoms with E-state index in [4.69, 9.17) is 0 Å². The second-order valence-electron chi connectivity index (χ2n) is 6.34. The summed E-state index contributed by atoms with van der Waals surface area (Å²) >= 11 is 0. The topological polar surface area (TPSA) is 91.8 Å². The summed E-state index contributed by atoms with van der Waals surface area (Å²) in [6, 6.07) is 4.56. The summed E-state index contributed by atoms with van der Waals surface area (Å²) in [5.74, 6) is -1.72. The highest BCUT2D eigenvalue weighted by molar-refractivity contribution is 7.90. The molecule has 7 heteroatoms. The number of likely N-dealkylation sites (tertiary alicyclic amines) is 1. The standard InChI is InChI=1S/C16H21NO5S/c1-10-6-13(16(19)20)9-17(8-10)15(18)12-5-4-11(2)14(7-12)23(3,21)22/h4-5,7,10,13H,6,8-9H2,1-3H3,(H,19,20). The van der Waals surface area contributed by atoms with Crippen molar-refractivity contribution in [3.8, 4) is 0 Å². The second-order valence-corrected chi connectivity index (χ2v) is 8.32. The number of carbonyl (C=O) groups is 2. The SMILES string of the molecule is Cc1ccc(C(=O)N2CC(C)CC(C(=O)O)C2)cc1S(C)(=O)=O. The van der Waals surface area contributed by atoms with Crippen molar-refractivity contribution in [3.05, 3.63) is 29.3 Å². The second kappa shape index (κ2) is 6.31. The third-order valence-corrected chi connectivity index (χ3v) is 5.37. The molecule has 1 saturated heterocycles. The van der Waals surface area contributed by atoms with E-state index in [1.54, 1.807) is 19.1 Å². The number of hydrogen-bond donors (Lipinski definition) is 1. The number of sulfone groups is 1. The normalized spacial score (nSPS) is 22.0. The minimum absolute atomic E-state index is 0.0913. The molecule has 23 heavy (non-hydrogen) atoms. The molecule has 1 aromatic carbocycles. The Morgan fingerprint density at radius 1 is 1.26 bits per heavy atom. The fraction of sp³-hybridized carbons (Fsp3) is 0.500. The van der Waals surface area contributed by atoms with Crippen LogP contribution in [0.1, 0.15) is 29.3 Å². The number of aryl methyl sites for hydroxylation is 1. The lowest BCUT2D eigenvalue weighted by atomic mass is 9.90. The monoisotopic (exact) mass is 339 g/mol. The van der Waals surface area contributed by atoms with E-state index in [0.29, 0.717) is 18.5 Å². The molecule has 0 aromatic heterocycles. The van der Waals surface area contributed by atoms with Gasteiger partial charge in [-0.25, -0.2) is 8.42 Å². The molecule has 0 saturated carbocycles. The van der Waals surface area contributed by atoms with Gasteiger partial charge >= 0.3 is 5.97 Å². The van der Waals surface area contributed by atoms with Crippen LogP contribution in [0, 0.1) is 18.8 Å². The highest BCUT2D eigenvalue weighted by atomic mass is 32.2. The van der Waals surface area contributed by atoms with E-state index in [1.807, 2.05) is 6.92 Å². The minimum atomic E-state index is -3.42. The quantitative estimate of drug-likeness (QED) is 0.903. The number of hydrogen-bond acceptors (Lipinski definition) is 4. The molecule has 1 heterocycles. The van der Waals surface area contributed by atoms with Gasteiger partial charge in [0.15, 0.2) is 9.84 Å². The fourth-order valence-electron chi connectivity index (χ4n) is 3.01. The average molecular weight is 339 g/mol. The highest BCUT2D eigenvalue weighted by Gasteiger charge is 2.32. The third kappa shape index (κ3) is 3.90. The predicted octanol–water partition coefficient (Wildman–Crippen LogP) is 1.58. The smallest absolute Gasteiger partial charge is 0.308 e. The number of carbonyl (C=O) groups excluding carboxylic acids is 1. The van der Waals surface area contributed by atoms with Gasteiger partial charge in [-0.3, -0.25) is 9.59 Å². The highest BCUT2D eigenvalue weighted by Crippen LogP contribution is 2.24. The average Bonchev–Trinajstić information content (AvgIpc) is 2.45. The van der Waals surface area contributed by atoms with Crippen molar-refractivity contribution in [1.82, 2.24) is 4.90 Å². The first-order valence-electron chi connectivity index (χ1n) is 7.42. The zero-order chi connectivity index (χ0) is 17.4. The number of carboxylic acid groups (broad SMARTS) is 1. The molecular formula is C16H21NO5S. The molecule has 1 fully saturated rings. The van der Waals surface area contributed by atoms with Gasteiger partial charge in [0.05, 0.1) is 10.8 Å². The Bertz CT molecular complexity index is 741. The van der Waals surface area contributed by atoms with Crippen LogP contribution < -0.4 is 0 Å². The largest absolute Gasteiger partial charge is 0.481 e. The molecule has 1 aromatic rings. The number of benzene rings is 1. The van der Waals surface area contributed by atoms with Crippen molar-refractivity contribution >= 4 is 21.7 Å². The van der Waals surface area contributed by atoms with Crippen molar-refractivity contribution in [2.24, 2.45) is 11.8 Å². The van der Waals surface area contributed by atoms with Gasteiger partial charge in [0.2, 0.25) is 0 Å². The van der Waals surface area contributed by atoms with Gasteiger partial charge in [-0.1, -0.05) is 13.0 Å². The molecule has 0 bridgehead atoms. The van der Waals surface area contributed by atoms with E-state index in [2.05, 4.69) is 0 Å². The Morgan fingerprint density at radius 3 is 2.48 bits per heavy atom. The Balaban J connectivity index is 2.32. The minimum Gasteiger partial charge on any atom is -0.481 e. The number of carboxylic acids is 1. The van der Waals surface area contributed by atoms with Crippen molar-refractivity contribution in [3.63, 3.8) is 0 Å². The number of rotatable bonds is 3. The molecule has 2 unspecified atom stereocenters. The van der Waals surface area contributed by atoms with Crippen LogP contribution in [0.4, 0.5) is 0 Å². The first-order valence-corrected chi connectivity index (χ1v) is 9.31. The summed E-state index contributed by atoms with van der Waals surface area (Å²) in [7, 11) is -3.42. The van der Waals surface area contributed by atoms with E-state index >= 15 is 0 Å². The van der Waals surface area contributed by atoms with Crippen LogP contribution in [0.2, 0.25) is 0 Å². The molecule has 0 radical (unpaired) electrons. The maximum atomic E-state index is 12.6. The molecule has 1 aliphatic heterocycles. The van der Waals surface area contributed by atoms with Crippen LogP contribution in [-0.2, 0) is 14.6 Å². The van der Waals surface area contributed by atoms with Gasteiger partial charge in [-0.05, 0) is 37.0 Å². The van der Waals surface area contributed by atoms with Crippen LogP contribution in [0.25, 0.3) is 0 Å². The van der Waals surface area contributed by atoms with Gasteiger partial charge < -0.3 is 10.0 Å². The maximum absolute atomic E-state index is 12.6. The van der Waals surface area contributed by atoms with E-state index in [1.165, 1.54) is 11.0 Å². The Hall–Kier alpha value is -1.89. The van der Waals surface area contributed by atoms with Crippen molar-refractivity contribution < 1.29 is 23.1 Å². The van der Waals surface area contributed by atoms with Gasteiger partial charge in [-0.15, -0.1) is 0 Å². The number of piperidine rings is 1. The van der Waals surface area contributed by atoms with E-state index in [-0.39, 0.29) is 28.8 Å². The van der Waals surface area contributed by atoms with Crippen LogP contribution in [0.5, 0.6) is 0 Å². The zero-order valence-electron chi connectivity index (χ0n) is 13.4. The van der Waals surface area contributed by atoms with Crippen molar-refractivity contribution in [1.29, 1.82) is 0 Å². The maximum Gasteiger partial charge on any atom is 0.308 e. The first-order chi connectivity index (χ1) is 10.6. The molecule has 1 aliphatic rings. The lowest BCUT2D eigenvalue weighted by molar-refractivity contribution is -0.143. The molecule has 0 aliphatic carbocycles. The fourth-order valence-corrected chi connectivity index (χ4v) is 4.01. The van der Waals surface area contributed by atoms with Gasteiger partial charge in [-0.2, -0.15) is 0 Å². The molecule has 0 spiro atoms.